The molecule has 1 aromatic carbocycles. The van der Waals surface area contributed by atoms with Gasteiger partial charge in [-0.2, -0.15) is 0 Å². The zero-order valence-corrected chi connectivity index (χ0v) is 20.1. The molecular formula is C18H32IN5O3S. The highest BCUT2D eigenvalue weighted by Crippen LogP contribution is 2.07. The van der Waals surface area contributed by atoms with Crippen LogP contribution in [0.1, 0.15) is 29.8 Å². The quantitative estimate of drug-likeness (QED) is 0.184. The van der Waals surface area contributed by atoms with E-state index in [0.29, 0.717) is 31.2 Å². The number of rotatable bonds is 10. The second-order valence-electron chi connectivity index (χ2n) is 6.14. The van der Waals surface area contributed by atoms with Gasteiger partial charge in [0, 0.05) is 39.3 Å². The highest BCUT2D eigenvalue weighted by atomic mass is 127. The van der Waals surface area contributed by atoms with Gasteiger partial charge in [-0.1, -0.05) is 12.1 Å². The average Bonchev–Trinajstić information content (AvgIpc) is 2.64. The van der Waals surface area contributed by atoms with Gasteiger partial charge in [-0.25, -0.2) is 13.1 Å². The van der Waals surface area contributed by atoms with Crippen LogP contribution in [-0.2, 0) is 16.4 Å². The summed E-state index contributed by atoms with van der Waals surface area (Å²) in [4.78, 5) is 17.9. The summed E-state index contributed by atoms with van der Waals surface area (Å²) in [7, 11) is 0.274. The molecule has 1 rings (SSSR count). The molecule has 0 atom stereocenters. The minimum atomic E-state index is -3.19. The Balaban J connectivity index is 0.00000729. The zero-order chi connectivity index (χ0) is 20.3. The van der Waals surface area contributed by atoms with E-state index in [1.54, 1.807) is 25.9 Å². The van der Waals surface area contributed by atoms with Crippen LogP contribution in [0.25, 0.3) is 0 Å². The SMILES string of the molecule is CCNC(=NCCNS(=O)(=O)CC)NCCc1cccc(C(=O)N(C)C)c1.I. The summed E-state index contributed by atoms with van der Waals surface area (Å²) in [6, 6.07) is 7.57. The van der Waals surface area contributed by atoms with Crippen LogP contribution < -0.4 is 15.4 Å². The number of nitrogens with zero attached hydrogens (tertiary/aromatic N) is 2. The van der Waals surface area contributed by atoms with Crippen LogP contribution in [0, 0.1) is 0 Å². The van der Waals surface area contributed by atoms with Crippen molar-refractivity contribution in [1.82, 2.24) is 20.3 Å². The topological polar surface area (TPSA) is 103 Å². The third kappa shape index (κ3) is 10.2. The molecule has 1 aromatic rings. The molecule has 10 heteroatoms. The molecule has 0 fully saturated rings. The van der Waals surface area contributed by atoms with Crippen molar-refractivity contribution in [3.63, 3.8) is 0 Å². The number of benzene rings is 1. The van der Waals surface area contributed by atoms with Crippen molar-refractivity contribution in [2.24, 2.45) is 4.99 Å². The Hall–Kier alpha value is -1.40. The number of sulfonamides is 1. The Morgan fingerprint density at radius 2 is 1.86 bits per heavy atom. The summed E-state index contributed by atoms with van der Waals surface area (Å²) >= 11 is 0. The summed E-state index contributed by atoms with van der Waals surface area (Å²) < 4.78 is 25.3. The third-order valence-electron chi connectivity index (χ3n) is 3.71. The van der Waals surface area contributed by atoms with Crippen molar-refractivity contribution < 1.29 is 13.2 Å². The third-order valence-corrected chi connectivity index (χ3v) is 5.12. The summed E-state index contributed by atoms with van der Waals surface area (Å²) in [5, 5.41) is 6.34. The molecule has 0 spiro atoms. The van der Waals surface area contributed by atoms with Crippen LogP contribution in [0.3, 0.4) is 0 Å². The number of carbonyl (C=O) groups excluding carboxylic acids is 1. The van der Waals surface area contributed by atoms with E-state index in [4.69, 9.17) is 0 Å². The first-order valence-electron chi connectivity index (χ1n) is 9.09. The molecule has 0 aliphatic carbocycles. The fourth-order valence-corrected chi connectivity index (χ4v) is 2.86. The van der Waals surface area contributed by atoms with Crippen LogP contribution in [0.2, 0.25) is 0 Å². The van der Waals surface area contributed by atoms with Crippen molar-refractivity contribution in [3.8, 4) is 0 Å². The van der Waals surface area contributed by atoms with Crippen LogP contribution in [0.4, 0.5) is 0 Å². The van der Waals surface area contributed by atoms with Gasteiger partial charge in [0.05, 0.1) is 12.3 Å². The molecular weight excluding hydrogens is 493 g/mol. The first-order valence-corrected chi connectivity index (χ1v) is 10.7. The molecule has 0 aromatic heterocycles. The molecule has 8 nitrogen and oxygen atoms in total. The number of hydrogen-bond acceptors (Lipinski definition) is 4. The van der Waals surface area contributed by atoms with E-state index in [2.05, 4.69) is 20.3 Å². The standard InChI is InChI=1S/C18H31N5O3S.HI/c1-5-19-18(21-12-13-22-27(25,26)6-2)20-11-10-15-8-7-9-16(14-15)17(24)23(3)4;/h7-9,14,22H,5-6,10-13H2,1-4H3,(H2,19,20,21);1H. The number of halogens is 1. The van der Waals surface area contributed by atoms with Crippen molar-refractivity contribution in [1.29, 1.82) is 0 Å². The normalized spacial score (nSPS) is 11.5. The van der Waals surface area contributed by atoms with Gasteiger partial charge in [0.2, 0.25) is 10.0 Å². The van der Waals surface area contributed by atoms with Crippen molar-refractivity contribution >= 4 is 45.9 Å². The fraction of sp³-hybridized carbons (Fsp3) is 0.556. The van der Waals surface area contributed by atoms with E-state index in [0.717, 1.165) is 12.0 Å². The maximum atomic E-state index is 12.0. The summed E-state index contributed by atoms with van der Waals surface area (Å²) in [6.45, 7) is 5.53. The van der Waals surface area contributed by atoms with Crippen molar-refractivity contribution in [3.05, 3.63) is 35.4 Å². The predicted molar refractivity (Wildman–Crippen MR) is 125 cm³/mol. The van der Waals surface area contributed by atoms with Gasteiger partial charge in [-0.15, -0.1) is 24.0 Å². The molecule has 0 bridgehead atoms. The van der Waals surface area contributed by atoms with Gasteiger partial charge in [0.1, 0.15) is 0 Å². The van der Waals surface area contributed by atoms with Gasteiger partial charge < -0.3 is 15.5 Å². The Kier molecular flexibility index (Phi) is 13.0. The second kappa shape index (κ2) is 13.7. The van der Waals surface area contributed by atoms with Crippen LogP contribution >= 0.6 is 24.0 Å². The van der Waals surface area contributed by atoms with Gasteiger partial charge >= 0.3 is 0 Å². The number of guanidine groups is 1. The average molecular weight is 525 g/mol. The van der Waals surface area contributed by atoms with E-state index < -0.39 is 10.0 Å². The van der Waals surface area contributed by atoms with Crippen LogP contribution in [0.15, 0.2) is 29.3 Å². The molecule has 0 aliphatic rings. The maximum absolute atomic E-state index is 12.0. The molecule has 160 valence electrons. The van der Waals surface area contributed by atoms with E-state index in [1.165, 1.54) is 0 Å². The molecule has 0 saturated carbocycles. The maximum Gasteiger partial charge on any atom is 0.253 e. The highest BCUT2D eigenvalue weighted by molar-refractivity contribution is 14.0. The van der Waals surface area contributed by atoms with Crippen LogP contribution in [-0.4, -0.2) is 71.2 Å². The molecule has 0 heterocycles. The molecule has 3 N–H and O–H groups in total. The minimum Gasteiger partial charge on any atom is -0.357 e. The lowest BCUT2D eigenvalue weighted by atomic mass is 10.1. The number of carbonyl (C=O) groups is 1. The van der Waals surface area contributed by atoms with Gasteiger partial charge in [-0.05, 0) is 38.0 Å². The number of nitrogens with one attached hydrogen (secondary N) is 3. The molecule has 0 radical (unpaired) electrons. The Labute approximate surface area is 185 Å². The Morgan fingerprint density at radius 3 is 2.46 bits per heavy atom. The molecule has 28 heavy (non-hydrogen) atoms. The van der Waals surface area contributed by atoms with E-state index in [-0.39, 0.29) is 42.2 Å². The molecule has 0 unspecified atom stereocenters. The lowest BCUT2D eigenvalue weighted by Crippen LogP contribution is -2.39. The Morgan fingerprint density at radius 1 is 1.14 bits per heavy atom. The first kappa shape index (κ1) is 26.6. The van der Waals surface area contributed by atoms with Gasteiger partial charge in [-0.3, -0.25) is 9.79 Å². The van der Waals surface area contributed by atoms with E-state index in [9.17, 15) is 13.2 Å². The lowest BCUT2D eigenvalue weighted by Gasteiger charge is -2.13. The summed E-state index contributed by atoms with van der Waals surface area (Å²) in [5.41, 5.74) is 1.73. The lowest BCUT2D eigenvalue weighted by molar-refractivity contribution is 0.0827. The van der Waals surface area contributed by atoms with E-state index >= 15 is 0 Å². The first-order chi connectivity index (χ1) is 12.8. The molecule has 1 amide bonds. The fourth-order valence-electron chi connectivity index (χ4n) is 2.26. The summed E-state index contributed by atoms with van der Waals surface area (Å²) in [6.07, 6.45) is 0.738. The predicted octanol–water partition coefficient (Wildman–Crippen LogP) is 1.04. The Bertz CT molecular complexity index is 738. The van der Waals surface area contributed by atoms with Gasteiger partial charge in [0.15, 0.2) is 5.96 Å². The monoisotopic (exact) mass is 525 g/mol. The van der Waals surface area contributed by atoms with Gasteiger partial charge in [0.25, 0.3) is 5.91 Å². The second-order valence-corrected chi connectivity index (χ2v) is 8.23. The summed E-state index contributed by atoms with van der Waals surface area (Å²) in [5.74, 6) is 0.674. The van der Waals surface area contributed by atoms with Crippen molar-refractivity contribution in [2.75, 3.05) is 46.0 Å². The molecule has 0 saturated heterocycles. The number of hydrogen-bond donors (Lipinski definition) is 3. The largest absolute Gasteiger partial charge is 0.357 e. The zero-order valence-electron chi connectivity index (χ0n) is 17.0. The molecule has 0 aliphatic heterocycles. The highest BCUT2D eigenvalue weighted by Gasteiger charge is 2.08. The van der Waals surface area contributed by atoms with Crippen molar-refractivity contribution in [2.45, 2.75) is 20.3 Å². The smallest absolute Gasteiger partial charge is 0.253 e. The van der Waals surface area contributed by atoms with E-state index in [1.807, 2.05) is 31.2 Å². The number of amides is 1. The minimum absolute atomic E-state index is 0. The number of aliphatic imine (C=N–C) groups is 1. The van der Waals surface area contributed by atoms with Crippen LogP contribution in [0.5, 0.6) is 0 Å².